The summed E-state index contributed by atoms with van der Waals surface area (Å²) in [5.41, 5.74) is 0.0213. The van der Waals surface area contributed by atoms with Crippen LogP contribution in [0.25, 0.3) is 0 Å². The van der Waals surface area contributed by atoms with Crippen LogP contribution in [0.1, 0.15) is 59.3 Å². The molecule has 5 nitrogen and oxygen atoms in total. The molecule has 0 aliphatic carbocycles. The zero-order valence-electron chi connectivity index (χ0n) is 14.7. The van der Waals surface area contributed by atoms with Gasteiger partial charge in [-0.05, 0) is 51.0 Å². The highest BCUT2D eigenvalue weighted by atomic mass is 16.3. The number of nitrogens with one attached hydrogen (secondary N) is 2. The molecule has 2 amide bonds. The van der Waals surface area contributed by atoms with Gasteiger partial charge in [0, 0.05) is 32.3 Å². The van der Waals surface area contributed by atoms with Gasteiger partial charge in [0.1, 0.15) is 0 Å². The van der Waals surface area contributed by atoms with Gasteiger partial charge in [0.15, 0.2) is 0 Å². The zero-order chi connectivity index (χ0) is 16.4. The standard InChI is InChI=1S/C17H35N3O2/c1-4-17(5-2,9-13-21)14-19-16(22)18-10-12-20-11-7-6-8-15(20)3/h15,21H,4-14H2,1-3H3,(H2,18,19,22)/t15-/m1/s1. The molecule has 1 aliphatic heterocycles. The summed E-state index contributed by atoms with van der Waals surface area (Å²) in [4.78, 5) is 14.4. The number of carbonyl (C=O) groups is 1. The van der Waals surface area contributed by atoms with Gasteiger partial charge in [0.05, 0.1) is 0 Å². The highest BCUT2D eigenvalue weighted by Gasteiger charge is 2.26. The molecule has 1 atom stereocenters. The van der Waals surface area contributed by atoms with E-state index in [0.717, 1.165) is 32.4 Å². The third-order valence-corrected chi connectivity index (χ3v) is 5.39. The molecule has 130 valence electrons. The van der Waals surface area contributed by atoms with E-state index in [2.05, 4.69) is 36.3 Å². The van der Waals surface area contributed by atoms with Crippen molar-refractivity contribution in [3.05, 3.63) is 0 Å². The maximum atomic E-state index is 11.9. The average Bonchev–Trinajstić information content (AvgIpc) is 2.53. The fourth-order valence-electron chi connectivity index (χ4n) is 3.31. The van der Waals surface area contributed by atoms with Crippen molar-refractivity contribution in [1.29, 1.82) is 0 Å². The lowest BCUT2D eigenvalue weighted by Crippen LogP contribution is -2.46. The second kappa shape index (κ2) is 10.1. The molecule has 1 rings (SSSR count). The summed E-state index contributed by atoms with van der Waals surface area (Å²) in [5, 5.41) is 15.1. The van der Waals surface area contributed by atoms with Gasteiger partial charge in [-0.3, -0.25) is 4.90 Å². The van der Waals surface area contributed by atoms with Gasteiger partial charge in [-0.2, -0.15) is 0 Å². The first-order chi connectivity index (χ1) is 10.6. The number of carbonyl (C=O) groups excluding carboxylic acids is 1. The minimum atomic E-state index is -0.0890. The number of amides is 2. The van der Waals surface area contributed by atoms with Crippen LogP contribution >= 0.6 is 0 Å². The molecule has 0 radical (unpaired) electrons. The van der Waals surface area contributed by atoms with Crippen LogP contribution in [0.4, 0.5) is 4.79 Å². The molecule has 0 unspecified atom stereocenters. The molecule has 22 heavy (non-hydrogen) atoms. The van der Waals surface area contributed by atoms with Crippen molar-refractivity contribution in [2.75, 3.05) is 32.8 Å². The summed E-state index contributed by atoms with van der Waals surface area (Å²) in [6, 6.07) is 0.546. The Bertz CT molecular complexity index is 319. The molecule has 0 bridgehead atoms. The number of aliphatic hydroxyl groups excluding tert-OH is 1. The monoisotopic (exact) mass is 313 g/mol. The van der Waals surface area contributed by atoms with E-state index in [0.29, 0.717) is 19.1 Å². The third-order valence-electron chi connectivity index (χ3n) is 5.39. The van der Waals surface area contributed by atoms with Crippen LogP contribution in [0.5, 0.6) is 0 Å². The van der Waals surface area contributed by atoms with Gasteiger partial charge < -0.3 is 15.7 Å². The second-order valence-corrected chi connectivity index (χ2v) is 6.67. The smallest absolute Gasteiger partial charge is 0.314 e. The van der Waals surface area contributed by atoms with E-state index in [9.17, 15) is 9.90 Å². The summed E-state index contributed by atoms with van der Waals surface area (Å²) in [6.45, 7) is 10.1. The van der Waals surface area contributed by atoms with E-state index in [-0.39, 0.29) is 18.1 Å². The number of aliphatic hydroxyl groups is 1. The largest absolute Gasteiger partial charge is 0.396 e. The van der Waals surface area contributed by atoms with Crippen molar-refractivity contribution in [3.8, 4) is 0 Å². The van der Waals surface area contributed by atoms with Crippen LogP contribution < -0.4 is 10.6 Å². The van der Waals surface area contributed by atoms with E-state index >= 15 is 0 Å². The Balaban J connectivity index is 2.25. The highest BCUT2D eigenvalue weighted by molar-refractivity contribution is 5.73. The summed E-state index contributed by atoms with van der Waals surface area (Å²) >= 11 is 0. The van der Waals surface area contributed by atoms with Crippen molar-refractivity contribution < 1.29 is 9.90 Å². The lowest BCUT2D eigenvalue weighted by molar-refractivity contribution is 0.157. The molecule has 3 N–H and O–H groups in total. The molecule has 0 aromatic carbocycles. The van der Waals surface area contributed by atoms with Crippen molar-refractivity contribution in [2.24, 2.45) is 5.41 Å². The van der Waals surface area contributed by atoms with Crippen LogP contribution in [0, 0.1) is 5.41 Å². The number of hydrogen-bond donors (Lipinski definition) is 3. The van der Waals surface area contributed by atoms with E-state index in [1.807, 2.05) is 0 Å². The topological polar surface area (TPSA) is 64.6 Å². The second-order valence-electron chi connectivity index (χ2n) is 6.67. The Morgan fingerprint density at radius 3 is 2.59 bits per heavy atom. The predicted octanol–water partition coefficient (Wildman–Crippen LogP) is 2.35. The number of likely N-dealkylation sites (tertiary alicyclic amines) is 1. The van der Waals surface area contributed by atoms with Crippen LogP contribution in [0.15, 0.2) is 0 Å². The van der Waals surface area contributed by atoms with Crippen molar-refractivity contribution in [1.82, 2.24) is 15.5 Å². The Morgan fingerprint density at radius 1 is 1.27 bits per heavy atom. The normalized spacial score (nSPS) is 19.9. The molecule has 0 aromatic rings. The first-order valence-electron chi connectivity index (χ1n) is 8.93. The first kappa shape index (κ1) is 19.2. The molecule has 0 spiro atoms. The molecule has 0 saturated carbocycles. The quantitative estimate of drug-likeness (QED) is 0.612. The summed E-state index contributed by atoms with van der Waals surface area (Å²) in [7, 11) is 0. The van der Waals surface area contributed by atoms with E-state index in [1.165, 1.54) is 19.3 Å². The maximum Gasteiger partial charge on any atom is 0.314 e. The Hall–Kier alpha value is -0.810. The molecule has 1 fully saturated rings. The van der Waals surface area contributed by atoms with Crippen molar-refractivity contribution in [2.45, 2.75) is 65.3 Å². The third kappa shape index (κ3) is 6.13. The van der Waals surface area contributed by atoms with Gasteiger partial charge in [-0.1, -0.05) is 20.3 Å². The zero-order valence-corrected chi connectivity index (χ0v) is 14.7. The lowest BCUT2D eigenvalue weighted by atomic mass is 9.79. The lowest BCUT2D eigenvalue weighted by Gasteiger charge is -2.33. The Kier molecular flexibility index (Phi) is 8.79. The fraction of sp³-hybridized carbons (Fsp3) is 0.941. The van der Waals surface area contributed by atoms with E-state index < -0.39 is 0 Å². The SMILES string of the molecule is CCC(CC)(CCO)CNC(=O)NCCN1CCCC[C@H]1C. The molecule has 5 heteroatoms. The Morgan fingerprint density at radius 2 is 2.00 bits per heavy atom. The summed E-state index contributed by atoms with van der Waals surface area (Å²) in [6.07, 6.45) is 6.54. The van der Waals surface area contributed by atoms with Crippen LogP contribution in [-0.4, -0.2) is 54.9 Å². The molecule has 0 aromatic heterocycles. The number of piperidine rings is 1. The highest BCUT2D eigenvalue weighted by Crippen LogP contribution is 2.29. The minimum Gasteiger partial charge on any atom is -0.396 e. The average molecular weight is 313 g/mol. The van der Waals surface area contributed by atoms with Crippen LogP contribution in [-0.2, 0) is 0 Å². The van der Waals surface area contributed by atoms with E-state index in [1.54, 1.807) is 0 Å². The molecule has 1 saturated heterocycles. The van der Waals surface area contributed by atoms with Crippen molar-refractivity contribution >= 4 is 6.03 Å². The molecule has 1 heterocycles. The molecule has 1 aliphatic rings. The predicted molar refractivity (Wildman–Crippen MR) is 91.0 cm³/mol. The maximum absolute atomic E-state index is 11.9. The number of rotatable bonds is 9. The summed E-state index contributed by atoms with van der Waals surface area (Å²) < 4.78 is 0. The van der Waals surface area contributed by atoms with Gasteiger partial charge in [-0.25, -0.2) is 4.79 Å². The fourth-order valence-corrected chi connectivity index (χ4v) is 3.31. The van der Waals surface area contributed by atoms with Gasteiger partial charge in [0.25, 0.3) is 0 Å². The first-order valence-corrected chi connectivity index (χ1v) is 8.93. The van der Waals surface area contributed by atoms with Crippen LogP contribution in [0.2, 0.25) is 0 Å². The number of urea groups is 1. The van der Waals surface area contributed by atoms with Gasteiger partial charge in [0.2, 0.25) is 0 Å². The van der Waals surface area contributed by atoms with Crippen LogP contribution in [0.3, 0.4) is 0 Å². The van der Waals surface area contributed by atoms with Gasteiger partial charge >= 0.3 is 6.03 Å². The Labute approximate surface area is 135 Å². The molecular weight excluding hydrogens is 278 g/mol. The number of hydrogen-bond acceptors (Lipinski definition) is 3. The summed E-state index contributed by atoms with van der Waals surface area (Å²) in [5.74, 6) is 0. The van der Waals surface area contributed by atoms with Gasteiger partial charge in [-0.15, -0.1) is 0 Å². The van der Waals surface area contributed by atoms with E-state index in [4.69, 9.17) is 0 Å². The molecular formula is C17H35N3O2. The number of nitrogens with zero attached hydrogens (tertiary/aromatic N) is 1. The minimum absolute atomic E-state index is 0.0213. The van der Waals surface area contributed by atoms with Crippen molar-refractivity contribution in [3.63, 3.8) is 0 Å².